The highest BCUT2D eigenvalue weighted by molar-refractivity contribution is 7.07. The molecule has 1 fully saturated rings. The van der Waals surface area contributed by atoms with Crippen LogP contribution in [0, 0.1) is 0 Å². The van der Waals surface area contributed by atoms with Crippen LogP contribution >= 0.6 is 11.3 Å². The number of nitrogens with one attached hydrogen (secondary N) is 1. The lowest BCUT2D eigenvalue weighted by atomic mass is 10.2. The van der Waals surface area contributed by atoms with Crippen molar-refractivity contribution in [1.82, 2.24) is 5.32 Å². The number of hydrogen-bond donors (Lipinski definition) is 2. The number of aliphatic carboxylic acids is 1. The second kappa shape index (κ2) is 4.74. The van der Waals surface area contributed by atoms with E-state index in [9.17, 15) is 4.79 Å². The molecule has 15 heavy (non-hydrogen) atoms. The van der Waals surface area contributed by atoms with Gasteiger partial charge in [0.05, 0.1) is 12.7 Å². The van der Waals surface area contributed by atoms with Crippen LogP contribution in [0.2, 0.25) is 0 Å². The molecule has 0 radical (unpaired) electrons. The normalized spacial score (nSPS) is 25.6. The number of thiophene rings is 1. The van der Waals surface area contributed by atoms with Gasteiger partial charge in [0.1, 0.15) is 6.04 Å². The fraction of sp³-hybridized carbons (Fsp3) is 0.500. The van der Waals surface area contributed by atoms with Gasteiger partial charge in [-0.15, -0.1) is 0 Å². The minimum absolute atomic E-state index is 0.0194. The smallest absolute Gasteiger partial charge is 0.320 e. The summed E-state index contributed by atoms with van der Waals surface area (Å²) < 4.78 is 5.61. The molecule has 2 heterocycles. The van der Waals surface area contributed by atoms with Crippen LogP contribution in [-0.2, 0) is 16.1 Å². The van der Waals surface area contributed by atoms with Crippen molar-refractivity contribution >= 4 is 17.3 Å². The summed E-state index contributed by atoms with van der Waals surface area (Å²) in [6, 6.07) is 1.57. The summed E-state index contributed by atoms with van der Waals surface area (Å²) in [5.41, 5.74) is 1.15. The van der Waals surface area contributed by atoms with Gasteiger partial charge in [0.15, 0.2) is 0 Å². The van der Waals surface area contributed by atoms with Gasteiger partial charge >= 0.3 is 5.97 Å². The molecule has 4 nitrogen and oxygen atoms in total. The highest BCUT2D eigenvalue weighted by Crippen LogP contribution is 2.14. The van der Waals surface area contributed by atoms with Gasteiger partial charge < -0.3 is 15.2 Å². The van der Waals surface area contributed by atoms with Crippen LogP contribution < -0.4 is 5.32 Å². The summed E-state index contributed by atoms with van der Waals surface area (Å²) in [4.78, 5) is 10.7. The van der Waals surface area contributed by atoms with Crippen molar-refractivity contribution in [3.8, 4) is 0 Å². The van der Waals surface area contributed by atoms with Crippen molar-refractivity contribution in [2.75, 3.05) is 6.54 Å². The first-order chi connectivity index (χ1) is 7.25. The molecule has 82 valence electrons. The summed E-state index contributed by atoms with van der Waals surface area (Å²) in [6.45, 7) is 1.20. The molecule has 0 aromatic carbocycles. The van der Waals surface area contributed by atoms with Crippen LogP contribution in [0.5, 0.6) is 0 Å². The molecular formula is C10H13NO3S. The largest absolute Gasteiger partial charge is 0.480 e. The maximum absolute atomic E-state index is 10.7. The number of hydrogen-bond acceptors (Lipinski definition) is 4. The molecule has 0 spiro atoms. The Kier molecular flexibility index (Phi) is 3.35. The van der Waals surface area contributed by atoms with E-state index in [1.54, 1.807) is 11.3 Å². The number of rotatable bonds is 4. The minimum atomic E-state index is -0.795. The lowest BCUT2D eigenvalue weighted by Gasteiger charge is -2.09. The Morgan fingerprint density at radius 2 is 2.60 bits per heavy atom. The average Bonchev–Trinajstić information content (AvgIpc) is 2.86. The molecular weight excluding hydrogens is 214 g/mol. The Morgan fingerprint density at radius 1 is 1.73 bits per heavy atom. The predicted octanol–water partition coefficient (Wildman–Crippen LogP) is 1.08. The lowest BCUT2D eigenvalue weighted by molar-refractivity contribution is -0.139. The van der Waals surface area contributed by atoms with E-state index in [0.29, 0.717) is 19.6 Å². The maximum atomic E-state index is 10.7. The van der Waals surface area contributed by atoms with E-state index in [1.165, 1.54) is 0 Å². The molecule has 0 saturated carbocycles. The van der Waals surface area contributed by atoms with Crippen LogP contribution in [-0.4, -0.2) is 29.8 Å². The van der Waals surface area contributed by atoms with Gasteiger partial charge in [-0.3, -0.25) is 4.79 Å². The van der Waals surface area contributed by atoms with Crippen LogP contribution in [0.4, 0.5) is 0 Å². The molecule has 0 amide bonds. The molecule has 1 aromatic rings. The molecule has 2 rings (SSSR count). The number of ether oxygens (including phenoxy) is 1. The Morgan fingerprint density at radius 3 is 3.20 bits per heavy atom. The topological polar surface area (TPSA) is 58.6 Å². The first-order valence-corrected chi connectivity index (χ1v) is 5.79. The van der Waals surface area contributed by atoms with Crippen molar-refractivity contribution in [2.24, 2.45) is 0 Å². The molecule has 1 aliphatic heterocycles. The Labute approximate surface area is 91.9 Å². The van der Waals surface area contributed by atoms with Crippen LogP contribution in [0.15, 0.2) is 16.8 Å². The van der Waals surface area contributed by atoms with Crippen LogP contribution in [0.1, 0.15) is 12.0 Å². The zero-order valence-electron chi connectivity index (χ0n) is 8.18. The van der Waals surface area contributed by atoms with Crippen LogP contribution in [0.25, 0.3) is 0 Å². The van der Waals surface area contributed by atoms with Gasteiger partial charge in [-0.2, -0.15) is 11.3 Å². The van der Waals surface area contributed by atoms with Gasteiger partial charge in [0.2, 0.25) is 0 Å². The molecule has 2 atom stereocenters. The molecule has 1 saturated heterocycles. The third-order valence-electron chi connectivity index (χ3n) is 2.45. The summed E-state index contributed by atoms with van der Waals surface area (Å²) in [7, 11) is 0. The van der Waals surface area contributed by atoms with Gasteiger partial charge in [-0.25, -0.2) is 0 Å². The van der Waals surface area contributed by atoms with Crippen molar-refractivity contribution in [2.45, 2.75) is 25.2 Å². The second-order valence-corrected chi connectivity index (χ2v) is 4.38. The van der Waals surface area contributed by atoms with E-state index in [-0.39, 0.29) is 6.10 Å². The van der Waals surface area contributed by atoms with Crippen molar-refractivity contribution < 1.29 is 14.6 Å². The number of carboxylic acids is 1. The third-order valence-corrected chi connectivity index (χ3v) is 3.19. The molecule has 0 aliphatic carbocycles. The lowest BCUT2D eigenvalue weighted by Crippen LogP contribution is -2.29. The highest BCUT2D eigenvalue weighted by atomic mass is 32.1. The van der Waals surface area contributed by atoms with Gasteiger partial charge in [0.25, 0.3) is 0 Å². The van der Waals surface area contributed by atoms with E-state index in [1.807, 2.05) is 16.8 Å². The molecule has 0 unspecified atom stereocenters. The Bertz CT molecular complexity index is 325. The highest BCUT2D eigenvalue weighted by Gasteiger charge is 2.29. The van der Waals surface area contributed by atoms with Gasteiger partial charge in [-0.05, 0) is 22.4 Å². The van der Waals surface area contributed by atoms with Crippen LogP contribution in [0.3, 0.4) is 0 Å². The number of carbonyl (C=O) groups is 1. The SMILES string of the molecule is O=C(O)[C@@H]1C[C@@H](OCc2ccsc2)CN1. The molecule has 1 aromatic heterocycles. The zero-order valence-corrected chi connectivity index (χ0v) is 9.00. The van der Waals surface area contributed by atoms with Gasteiger partial charge in [0, 0.05) is 13.0 Å². The van der Waals surface area contributed by atoms with E-state index in [0.717, 1.165) is 5.56 Å². The van der Waals surface area contributed by atoms with Crippen molar-refractivity contribution in [1.29, 1.82) is 0 Å². The minimum Gasteiger partial charge on any atom is -0.480 e. The van der Waals surface area contributed by atoms with E-state index in [4.69, 9.17) is 9.84 Å². The van der Waals surface area contributed by atoms with Crippen molar-refractivity contribution in [3.63, 3.8) is 0 Å². The van der Waals surface area contributed by atoms with E-state index < -0.39 is 12.0 Å². The molecule has 2 N–H and O–H groups in total. The number of carboxylic acid groups (broad SMARTS) is 1. The summed E-state index contributed by atoms with van der Waals surface area (Å²) in [5.74, 6) is -0.795. The summed E-state index contributed by atoms with van der Waals surface area (Å²) in [5, 5.41) is 15.7. The fourth-order valence-corrected chi connectivity index (χ4v) is 2.26. The molecule has 0 bridgehead atoms. The predicted molar refractivity (Wildman–Crippen MR) is 56.9 cm³/mol. The average molecular weight is 227 g/mol. The Balaban J connectivity index is 1.75. The quantitative estimate of drug-likeness (QED) is 0.808. The first kappa shape index (κ1) is 10.6. The Hall–Kier alpha value is -0.910. The van der Waals surface area contributed by atoms with E-state index >= 15 is 0 Å². The van der Waals surface area contributed by atoms with Gasteiger partial charge in [-0.1, -0.05) is 0 Å². The zero-order chi connectivity index (χ0) is 10.7. The second-order valence-electron chi connectivity index (χ2n) is 3.60. The standard InChI is InChI=1S/C10H13NO3S/c12-10(13)9-3-8(4-11-9)14-5-7-1-2-15-6-7/h1-2,6,8-9,11H,3-5H2,(H,12,13)/t8-,9+/m1/s1. The molecule has 5 heteroatoms. The third kappa shape index (κ3) is 2.77. The summed E-state index contributed by atoms with van der Waals surface area (Å²) in [6.07, 6.45) is 0.574. The molecule has 1 aliphatic rings. The monoisotopic (exact) mass is 227 g/mol. The maximum Gasteiger partial charge on any atom is 0.320 e. The van der Waals surface area contributed by atoms with Crippen molar-refractivity contribution in [3.05, 3.63) is 22.4 Å². The fourth-order valence-electron chi connectivity index (χ4n) is 1.61. The first-order valence-electron chi connectivity index (χ1n) is 4.84. The summed E-state index contributed by atoms with van der Waals surface area (Å²) >= 11 is 1.64. The van der Waals surface area contributed by atoms with E-state index in [2.05, 4.69) is 5.32 Å².